The molecule has 0 radical (unpaired) electrons. The van der Waals surface area contributed by atoms with E-state index in [1.807, 2.05) is 0 Å². The largest absolute Gasteiger partial charge is 0.385 e. The third-order valence-corrected chi connectivity index (χ3v) is 10.7. The van der Waals surface area contributed by atoms with E-state index in [9.17, 15) is 9.32 Å². The molecule has 0 saturated heterocycles. The molecule has 0 spiro atoms. The molecule has 2 saturated carbocycles. The van der Waals surface area contributed by atoms with E-state index in [4.69, 9.17) is 25.5 Å². The number of hydrogen-bond acceptors (Lipinski definition) is 8. The molecule has 1 heterocycles. The summed E-state index contributed by atoms with van der Waals surface area (Å²) < 4.78 is 23.8. The standard InChI is InChI=1S/C23H43N5O4S2/c1-13-12-18(31-4)14(2)15(3)21(13)34(30)32-28-23(25)26-11-7-8-16(24)20(29)22-27-17-9-5-6-10-19(17)33-22/h13-21,29H,5-12,24H2,1-4H3,(H3,25,26,28). The van der Waals surface area contributed by atoms with Gasteiger partial charge in [0.2, 0.25) is 5.96 Å². The average molecular weight is 518 g/mol. The maximum atomic E-state index is 12.8. The molecule has 11 heteroatoms. The van der Waals surface area contributed by atoms with Crippen LogP contribution in [0, 0.1) is 17.8 Å². The van der Waals surface area contributed by atoms with E-state index < -0.39 is 17.2 Å². The molecule has 196 valence electrons. The number of nitrogens with one attached hydrogen (secondary N) is 1. The number of ether oxygens (including phenoxy) is 1. The van der Waals surface area contributed by atoms with Crippen molar-refractivity contribution < 1.29 is 18.3 Å². The van der Waals surface area contributed by atoms with Crippen LogP contribution in [0.4, 0.5) is 0 Å². The highest BCUT2D eigenvalue weighted by Crippen LogP contribution is 2.39. The van der Waals surface area contributed by atoms with Crippen molar-refractivity contribution in [3.8, 4) is 0 Å². The second kappa shape index (κ2) is 13.0. The number of aliphatic hydroxyl groups excluding tert-OH is 1. The summed E-state index contributed by atoms with van der Waals surface area (Å²) in [7, 11) is 1.73. The van der Waals surface area contributed by atoms with Crippen LogP contribution in [0.2, 0.25) is 0 Å². The zero-order chi connectivity index (χ0) is 24.8. The van der Waals surface area contributed by atoms with E-state index >= 15 is 0 Å². The van der Waals surface area contributed by atoms with Crippen LogP contribution in [0.15, 0.2) is 9.98 Å². The first-order valence-electron chi connectivity index (χ1n) is 12.6. The van der Waals surface area contributed by atoms with Crippen LogP contribution < -0.4 is 16.9 Å². The summed E-state index contributed by atoms with van der Waals surface area (Å²) in [5.74, 6) is 0.772. The molecule has 34 heavy (non-hydrogen) atoms. The van der Waals surface area contributed by atoms with Gasteiger partial charge < -0.3 is 21.3 Å². The number of nitrogens with zero attached hydrogens (tertiary/aromatic N) is 2. The SMILES string of the molecule is COC1CC(C)C(S(=O)ONC(N)=NCCCC(N)C(O)C2=NC3CCCCC3S2)C(C)C1C. The van der Waals surface area contributed by atoms with Gasteiger partial charge in [-0.3, -0.25) is 9.98 Å². The fourth-order valence-corrected chi connectivity index (χ4v) is 8.27. The molecule has 0 aromatic heterocycles. The molecule has 9 nitrogen and oxygen atoms in total. The van der Waals surface area contributed by atoms with Crippen LogP contribution in [-0.4, -0.2) is 68.8 Å². The molecule has 2 fully saturated rings. The highest BCUT2D eigenvalue weighted by molar-refractivity contribution is 8.14. The predicted octanol–water partition coefficient (Wildman–Crippen LogP) is 2.11. The van der Waals surface area contributed by atoms with E-state index in [0.717, 1.165) is 17.9 Å². The minimum atomic E-state index is -1.55. The quantitative estimate of drug-likeness (QED) is 0.149. The molecule has 0 bridgehead atoms. The van der Waals surface area contributed by atoms with Crippen molar-refractivity contribution in [2.24, 2.45) is 39.2 Å². The first-order valence-corrected chi connectivity index (χ1v) is 14.6. The Morgan fingerprint density at radius 1 is 1.32 bits per heavy atom. The van der Waals surface area contributed by atoms with Gasteiger partial charge in [0.15, 0.2) is 11.1 Å². The van der Waals surface area contributed by atoms with Crippen molar-refractivity contribution in [2.75, 3.05) is 13.7 Å². The Morgan fingerprint density at radius 2 is 2.06 bits per heavy atom. The monoisotopic (exact) mass is 517 g/mol. The van der Waals surface area contributed by atoms with Crippen molar-refractivity contribution >= 4 is 33.8 Å². The topological polar surface area (TPSA) is 145 Å². The van der Waals surface area contributed by atoms with Crippen molar-refractivity contribution in [3.05, 3.63) is 0 Å². The summed E-state index contributed by atoms with van der Waals surface area (Å²) in [5, 5.41) is 11.8. The lowest BCUT2D eigenvalue weighted by atomic mass is 9.74. The van der Waals surface area contributed by atoms with Gasteiger partial charge in [-0.25, -0.2) is 9.69 Å². The maximum Gasteiger partial charge on any atom is 0.214 e. The van der Waals surface area contributed by atoms with Crippen LogP contribution in [-0.2, 0) is 20.1 Å². The summed E-state index contributed by atoms with van der Waals surface area (Å²) in [5.41, 5.74) is 14.7. The Hall–Kier alpha value is -0.720. The number of hydroxylamine groups is 1. The molecule has 0 aromatic rings. The molecule has 6 N–H and O–H groups in total. The first kappa shape index (κ1) is 27.9. The normalized spacial score (nSPS) is 36.9. The Balaban J connectivity index is 1.37. The maximum absolute atomic E-state index is 12.8. The van der Waals surface area contributed by atoms with Gasteiger partial charge in [0.1, 0.15) is 6.10 Å². The second-order valence-corrected chi connectivity index (χ2v) is 12.6. The molecular formula is C23H43N5O4S2. The van der Waals surface area contributed by atoms with Gasteiger partial charge in [0, 0.05) is 24.9 Å². The van der Waals surface area contributed by atoms with Crippen LogP contribution in [0.5, 0.6) is 0 Å². The van der Waals surface area contributed by atoms with Gasteiger partial charge in [-0.05, 0) is 49.9 Å². The van der Waals surface area contributed by atoms with Crippen LogP contribution in [0.3, 0.4) is 0 Å². The van der Waals surface area contributed by atoms with Crippen LogP contribution in [0.1, 0.15) is 65.7 Å². The first-order chi connectivity index (χ1) is 16.2. The van der Waals surface area contributed by atoms with Gasteiger partial charge in [-0.15, -0.1) is 11.8 Å². The zero-order valence-corrected chi connectivity index (χ0v) is 22.5. The van der Waals surface area contributed by atoms with E-state index in [2.05, 4.69) is 31.2 Å². The summed E-state index contributed by atoms with van der Waals surface area (Å²) >= 11 is 0.161. The Kier molecular flexibility index (Phi) is 10.7. The highest BCUT2D eigenvalue weighted by Gasteiger charge is 2.42. The molecule has 0 amide bonds. The lowest BCUT2D eigenvalue weighted by Gasteiger charge is -2.41. The summed E-state index contributed by atoms with van der Waals surface area (Å²) in [6, 6.07) is -0.0347. The Morgan fingerprint density at radius 3 is 2.76 bits per heavy atom. The van der Waals surface area contributed by atoms with E-state index in [0.29, 0.717) is 36.6 Å². The lowest BCUT2D eigenvalue weighted by molar-refractivity contribution is -0.00863. The number of nitrogens with two attached hydrogens (primary N) is 2. The van der Waals surface area contributed by atoms with Crippen molar-refractivity contribution in [1.82, 2.24) is 5.48 Å². The number of fused-ring (bicyclic) bond motifs is 1. The third-order valence-electron chi connectivity index (χ3n) is 7.72. The number of aliphatic hydroxyl groups is 1. The second-order valence-electron chi connectivity index (χ2n) is 10.1. The van der Waals surface area contributed by atoms with E-state index in [1.165, 1.54) is 19.3 Å². The van der Waals surface area contributed by atoms with Gasteiger partial charge >= 0.3 is 0 Å². The molecule has 3 aliphatic rings. The number of guanidine groups is 1. The van der Waals surface area contributed by atoms with Crippen molar-refractivity contribution in [3.63, 3.8) is 0 Å². The molecule has 2 aliphatic carbocycles. The third kappa shape index (κ3) is 6.94. The van der Waals surface area contributed by atoms with Crippen LogP contribution >= 0.6 is 11.8 Å². The molecule has 3 rings (SSSR count). The number of methoxy groups -OCH3 is 1. The minimum absolute atomic E-state index is 0.0844. The number of rotatable bonds is 10. The highest BCUT2D eigenvalue weighted by atomic mass is 32.2. The number of hydrogen-bond donors (Lipinski definition) is 4. The predicted molar refractivity (Wildman–Crippen MR) is 140 cm³/mol. The van der Waals surface area contributed by atoms with Crippen LogP contribution in [0.25, 0.3) is 0 Å². The smallest absolute Gasteiger partial charge is 0.214 e. The molecule has 1 aliphatic heterocycles. The van der Waals surface area contributed by atoms with Gasteiger partial charge in [0.05, 0.1) is 22.4 Å². The fourth-order valence-electron chi connectivity index (χ4n) is 5.44. The zero-order valence-electron chi connectivity index (χ0n) is 20.9. The van der Waals surface area contributed by atoms with Crippen molar-refractivity contribution in [2.45, 2.75) is 101 Å². The molecule has 10 atom stereocenters. The van der Waals surface area contributed by atoms with E-state index in [-0.39, 0.29) is 35.2 Å². The summed E-state index contributed by atoms with van der Waals surface area (Å²) in [6.07, 6.45) is 6.32. The van der Waals surface area contributed by atoms with Crippen molar-refractivity contribution in [1.29, 1.82) is 0 Å². The molecule has 0 aromatic carbocycles. The fraction of sp³-hybridized carbons (Fsp3) is 0.913. The summed E-state index contributed by atoms with van der Waals surface area (Å²) in [6.45, 7) is 6.74. The average Bonchev–Trinajstić information content (AvgIpc) is 3.26. The van der Waals surface area contributed by atoms with Gasteiger partial charge in [-0.1, -0.05) is 33.6 Å². The molecule has 10 unspecified atom stereocenters. The Bertz CT molecular complexity index is 755. The van der Waals surface area contributed by atoms with Gasteiger partial charge in [-0.2, -0.15) is 4.28 Å². The lowest BCUT2D eigenvalue weighted by Crippen LogP contribution is -2.47. The summed E-state index contributed by atoms with van der Waals surface area (Å²) in [4.78, 5) is 8.97. The molecular weight excluding hydrogens is 474 g/mol. The number of thioether (sulfide) groups is 1. The Labute approximate surface area is 210 Å². The van der Waals surface area contributed by atoms with E-state index in [1.54, 1.807) is 18.9 Å². The van der Waals surface area contributed by atoms with Gasteiger partial charge in [0.25, 0.3) is 0 Å². The number of aliphatic imine (C=N–C) groups is 2. The minimum Gasteiger partial charge on any atom is -0.385 e.